The number of nitrogens with one attached hydrogen (secondary N) is 1. The Hall–Kier alpha value is -5.20. The van der Waals surface area contributed by atoms with Crippen LogP contribution in [0.5, 0.6) is 0 Å². The van der Waals surface area contributed by atoms with E-state index in [0.717, 1.165) is 28.0 Å². The van der Waals surface area contributed by atoms with E-state index in [1.54, 1.807) is 5.38 Å². The number of nitrogens with zero attached hydrogens (tertiary/aromatic N) is 3. The van der Waals surface area contributed by atoms with Gasteiger partial charge in [0.15, 0.2) is 10.8 Å². The monoisotopic (exact) mass is 637 g/mol. The topological polar surface area (TPSA) is 147 Å². The average Bonchev–Trinajstić information content (AvgIpc) is 3.51. The summed E-state index contributed by atoms with van der Waals surface area (Å²) in [7, 11) is 0. The molecule has 2 aliphatic heterocycles. The Bertz CT molecular complexity index is 1730. The average molecular weight is 638 g/mol. The molecule has 4 N–H and O–H groups in total. The van der Waals surface area contributed by atoms with E-state index < -0.39 is 34.8 Å². The van der Waals surface area contributed by atoms with Gasteiger partial charge < -0.3 is 21.0 Å². The molecule has 2 atom stereocenters. The second-order valence-corrected chi connectivity index (χ2v) is 12.1. The zero-order valence-electron chi connectivity index (χ0n) is 23.7. The van der Waals surface area contributed by atoms with Crippen molar-refractivity contribution in [2.45, 2.75) is 17.0 Å². The Labute approximate surface area is 266 Å². The number of fused-ring (bicyclic) bond motifs is 1. The minimum Gasteiger partial charge on any atom is -0.477 e. The summed E-state index contributed by atoms with van der Waals surface area (Å²) in [5.41, 5.74) is 7.23. The normalized spacial score (nSPS) is 18.1. The number of rotatable bonds is 10. The zero-order chi connectivity index (χ0) is 31.6. The van der Waals surface area contributed by atoms with Crippen molar-refractivity contribution in [3.63, 3.8) is 0 Å². The number of thiazole rings is 1. The molecule has 0 bridgehead atoms. The van der Waals surface area contributed by atoms with Gasteiger partial charge in [-0.2, -0.15) is 0 Å². The van der Waals surface area contributed by atoms with Gasteiger partial charge in [-0.3, -0.25) is 14.5 Å². The van der Waals surface area contributed by atoms with Crippen LogP contribution in [0.4, 0.5) is 5.13 Å². The van der Waals surface area contributed by atoms with E-state index in [1.165, 1.54) is 22.7 Å². The predicted molar refractivity (Wildman–Crippen MR) is 173 cm³/mol. The second-order valence-electron chi connectivity index (χ2n) is 10.1. The van der Waals surface area contributed by atoms with Gasteiger partial charge >= 0.3 is 5.97 Å². The second kappa shape index (κ2) is 12.4. The molecule has 1 saturated heterocycles. The van der Waals surface area contributed by atoms with Crippen LogP contribution in [-0.4, -0.2) is 55.7 Å². The summed E-state index contributed by atoms with van der Waals surface area (Å²) in [6, 6.07) is 27.6. The fourth-order valence-corrected chi connectivity index (χ4v) is 7.29. The maximum absolute atomic E-state index is 13.9. The van der Waals surface area contributed by atoms with E-state index in [9.17, 15) is 19.5 Å². The highest BCUT2D eigenvalue weighted by atomic mass is 32.2. The number of carbonyl (C=O) groups is 3. The molecular weight excluding hydrogens is 611 g/mol. The molecule has 1 unspecified atom stereocenters. The molecular formula is C33H27N5O5S2. The molecule has 12 heteroatoms. The lowest BCUT2D eigenvalue weighted by molar-refractivity contribution is -0.150. The van der Waals surface area contributed by atoms with E-state index in [0.29, 0.717) is 11.3 Å². The number of hydrogen-bond donors (Lipinski definition) is 3. The Balaban J connectivity index is 1.40. The molecule has 2 aliphatic rings. The van der Waals surface area contributed by atoms with Gasteiger partial charge in [-0.25, -0.2) is 9.78 Å². The first-order chi connectivity index (χ1) is 21.8. The number of anilines is 1. The summed E-state index contributed by atoms with van der Waals surface area (Å²) >= 11 is 2.46. The number of benzene rings is 3. The number of aromatic nitrogens is 1. The third-order valence-corrected chi connectivity index (χ3v) is 9.50. The molecule has 0 aliphatic carbocycles. The SMILES string of the molecule is C=CC1=C(C(=O)O)N2C(=O)C(NC(=O)C(=NOC(c3ccccc3)(c3ccccc3)c3ccccc3)c3csc(N)n3)[C@H]2SC1. The zero-order valence-corrected chi connectivity index (χ0v) is 25.3. The molecule has 3 heterocycles. The van der Waals surface area contributed by atoms with Crippen LogP contribution in [0.25, 0.3) is 0 Å². The number of nitrogen functional groups attached to an aromatic ring is 1. The highest BCUT2D eigenvalue weighted by molar-refractivity contribution is 8.00. The lowest BCUT2D eigenvalue weighted by Gasteiger charge is -2.49. The number of carboxylic acid groups (broad SMARTS) is 1. The van der Waals surface area contributed by atoms with Gasteiger partial charge in [0.25, 0.3) is 11.8 Å². The van der Waals surface area contributed by atoms with Crippen LogP contribution in [0.15, 0.2) is 125 Å². The molecule has 2 amide bonds. The number of carbonyl (C=O) groups excluding carboxylic acids is 2. The van der Waals surface area contributed by atoms with E-state index in [1.807, 2.05) is 91.0 Å². The summed E-state index contributed by atoms with van der Waals surface area (Å²) in [4.78, 5) is 51.1. The van der Waals surface area contributed by atoms with Crippen LogP contribution in [0, 0.1) is 0 Å². The Morgan fingerprint density at radius 3 is 2.04 bits per heavy atom. The van der Waals surface area contributed by atoms with Crippen molar-refractivity contribution in [1.29, 1.82) is 0 Å². The first-order valence-electron chi connectivity index (χ1n) is 13.8. The number of allylic oxidation sites excluding steroid dienone is 1. The summed E-state index contributed by atoms with van der Waals surface area (Å²) in [6.07, 6.45) is 1.43. The van der Waals surface area contributed by atoms with Gasteiger partial charge in [0, 0.05) is 27.8 Å². The van der Waals surface area contributed by atoms with Gasteiger partial charge in [-0.1, -0.05) is 109 Å². The maximum Gasteiger partial charge on any atom is 0.352 e. The van der Waals surface area contributed by atoms with Crippen molar-refractivity contribution in [3.05, 3.63) is 143 Å². The lowest BCUT2D eigenvalue weighted by atomic mass is 9.80. The third kappa shape index (κ3) is 5.38. The van der Waals surface area contributed by atoms with Gasteiger partial charge in [-0.05, 0) is 5.57 Å². The van der Waals surface area contributed by atoms with Gasteiger partial charge in [0.2, 0.25) is 5.60 Å². The number of aliphatic carboxylic acids is 1. The molecule has 1 fully saturated rings. The van der Waals surface area contributed by atoms with Crippen LogP contribution in [0.2, 0.25) is 0 Å². The predicted octanol–water partition coefficient (Wildman–Crippen LogP) is 4.36. The number of nitrogens with two attached hydrogens (primary N) is 1. The van der Waals surface area contributed by atoms with E-state index in [2.05, 4.69) is 22.0 Å². The van der Waals surface area contributed by atoms with Crippen molar-refractivity contribution in [1.82, 2.24) is 15.2 Å². The summed E-state index contributed by atoms with van der Waals surface area (Å²) in [5, 5.41) is 18.2. The molecule has 0 radical (unpaired) electrons. The summed E-state index contributed by atoms with van der Waals surface area (Å²) in [5.74, 6) is -2.19. The lowest BCUT2D eigenvalue weighted by Crippen LogP contribution is -2.71. The standard InChI is InChI=1S/C33H27N5O5S2/c1-2-20-18-44-30-26(29(40)38(30)27(20)31(41)42)36-28(39)25(24-19-45-32(34)35-24)37-43-33(21-12-6-3-7-13-21,22-14-8-4-9-15-22)23-16-10-5-11-17-23/h2-17,19,26,30H,1,18H2,(H2,34,35)(H,36,39)(H,41,42)/t26?,30-/m1/s1. The molecule has 3 aromatic carbocycles. The Morgan fingerprint density at radius 1 is 1.02 bits per heavy atom. The first-order valence-corrected chi connectivity index (χ1v) is 15.8. The quantitative estimate of drug-likeness (QED) is 0.101. The van der Waals surface area contributed by atoms with Crippen LogP contribution in [0.1, 0.15) is 22.4 Å². The maximum atomic E-state index is 13.9. The largest absolute Gasteiger partial charge is 0.477 e. The van der Waals surface area contributed by atoms with Crippen molar-refractivity contribution in [3.8, 4) is 0 Å². The number of amides is 2. The van der Waals surface area contributed by atoms with Crippen molar-refractivity contribution >= 4 is 51.7 Å². The number of hydrogen-bond acceptors (Lipinski definition) is 9. The van der Waals surface area contributed by atoms with Crippen molar-refractivity contribution in [2.24, 2.45) is 5.16 Å². The Kier molecular flexibility index (Phi) is 8.24. The van der Waals surface area contributed by atoms with Crippen LogP contribution in [-0.2, 0) is 24.8 Å². The molecule has 226 valence electrons. The molecule has 0 saturated carbocycles. The van der Waals surface area contributed by atoms with Gasteiger partial charge in [0.05, 0.1) is 0 Å². The van der Waals surface area contributed by atoms with Crippen LogP contribution in [0.3, 0.4) is 0 Å². The number of thioether (sulfide) groups is 1. The van der Waals surface area contributed by atoms with Gasteiger partial charge in [-0.15, -0.1) is 23.1 Å². The highest BCUT2D eigenvalue weighted by Crippen LogP contribution is 2.42. The Morgan fingerprint density at radius 2 is 1.58 bits per heavy atom. The van der Waals surface area contributed by atoms with Gasteiger partial charge in [0.1, 0.15) is 22.8 Å². The fourth-order valence-electron chi connectivity index (χ4n) is 5.40. The summed E-state index contributed by atoms with van der Waals surface area (Å²) < 4.78 is 0. The number of oxime groups is 1. The fraction of sp³-hybridized carbons (Fsp3) is 0.121. The molecule has 10 nitrogen and oxygen atoms in total. The molecule has 45 heavy (non-hydrogen) atoms. The summed E-state index contributed by atoms with van der Waals surface area (Å²) in [6.45, 7) is 3.67. The smallest absolute Gasteiger partial charge is 0.352 e. The minimum atomic E-state index is -1.28. The first kappa shape index (κ1) is 29.9. The van der Waals surface area contributed by atoms with Crippen molar-refractivity contribution < 1.29 is 24.3 Å². The van der Waals surface area contributed by atoms with E-state index in [4.69, 9.17) is 10.6 Å². The molecule has 0 spiro atoms. The van der Waals surface area contributed by atoms with E-state index >= 15 is 0 Å². The molecule has 4 aromatic rings. The number of carboxylic acids is 1. The minimum absolute atomic E-state index is 0.132. The van der Waals surface area contributed by atoms with Crippen LogP contribution < -0.4 is 11.1 Å². The van der Waals surface area contributed by atoms with Crippen molar-refractivity contribution in [2.75, 3.05) is 11.5 Å². The highest BCUT2D eigenvalue weighted by Gasteiger charge is 2.54. The molecule has 6 rings (SSSR count). The van der Waals surface area contributed by atoms with Crippen LogP contribution >= 0.6 is 23.1 Å². The number of β-lactam (4-membered cyclic amide) rings is 1. The molecule has 1 aromatic heterocycles. The van der Waals surface area contributed by atoms with E-state index in [-0.39, 0.29) is 22.2 Å². The third-order valence-electron chi connectivity index (χ3n) is 7.53.